The molecule has 0 aliphatic carbocycles. The van der Waals surface area contributed by atoms with E-state index >= 15 is 0 Å². The summed E-state index contributed by atoms with van der Waals surface area (Å²) in [6.07, 6.45) is -14.6. The van der Waals surface area contributed by atoms with E-state index in [0.717, 1.165) is 0 Å². The monoisotopic (exact) mass is 341 g/mol. The first-order valence-electron chi connectivity index (χ1n) is 7.17. The molecule has 11 nitrogen and oxygen atoms in total. The maximum Gasteiger partial charge on any atom is 0.186 e. The van der Waals surface area contributed by atoms with Crippen molar-refractivity contribution in [2.24, 2.45) is 5.73 Å². The number of nitrogens with two attached hydrogens (primary N) is 1. The molecule has 2 aliphatic heterocycles. The molecule has 2 aliphatic rings. The third-order valence-electron chi connectivity index (χ3n) is 4.01. The van der Waals surface area contributed by atoms with Gasteiger partial charge >= 0.3 is 0 Å². The van der Waals surface area contributed by atoms with Gasteiger partial charge in [-0.15, -0.1) is 0 Å². The Kier molecular flexibility index (Phi) is 6.27. The zero-order valence-corrected chi connectivity index (χ0v) is 12.1. The summed E-state index contributed by atoms with van der Waals surface area (Å²) in [4.78, 5) is 0. The van der Waals surface area contributed by atoms with Crippen molar-refractivity contribution in [1.82, 2.24) is 0 Å². The van der Waals surface area contributed by atoms with Crippen molar-refractivity contribution in [1.29, 1.82) is 0 Å². The van der Waals surface area contributed by atoms with Crippen molar-refractivity contribution in [3.63, 3.8) is 0 Å². The van der Waals surface area contributed by atoms with E-state index in [1.807, 2.05) is 0 Å². The van der Waals surface area contributed by atoms with Crippen LogP contribution >= 0.6 is 0 Å². The van der Waals surface area contributed by atoms with Crippen LogP contribution in [0.4, 0.5) is 0 Å². The summed E-state index contributed by atoms with van der Waals surface area (Å²) in [7, 11) is 0. The molecule has 2 saturated heterocycles. The highest BCUT2D eigenvalue weighted by molar-refractivity contribution is 4.91. The number of aliphatic hydroxyl groups is 7. The van der Waals surface area contributed by atoms with Gasteiger partial charge in [0.2, 0.25) is 0 Å². The standard InChI is InChI=1S/C12H23NO10/c13-1-3-5(14)8(17)10(19)12(23-3)21-2-4-6(15)7(16)9(18)11(20)22-4/h3-12,14-20H,1-2,13H2/t3-,4-,5-,6-,7+,8+,9+,10-,11+,12+/m1/s1. The smallest absolute Gasteiger partial charge is 0.186 e. The minimum atomic E-state index is -1.72. The Balaban J connectivity index is 1.94. The first kappa shape index (κ1) is 18.9. The van der Waals surface area contributed by atoms with Gasteiger partial charge in [-0.2, -0.15) is 0 Å². The van der Waals surface area contributed by atoms with Crippen LogP contribution in [-0.2, 0) is 14.2 Å². The lowest BCUT2D eigenvalue weighted by atomic mass is 9.98. The third kappa shape index (κ3) is 3.81. The summed E-state index contributed by atoms with van der Waals surface area (Å²) in [6, 6.07) is 0. The van der Waals surface area contributed by atoms with Gasteiger partial charge in [0.15, 0.2) is 12.6 Å². The molecule has 0 amide bonds. The molecule has 0 bridgehead atoms. The van der Waals surface area contributed by atoms with Crippen LogP contribution in [0.1, 0.15) is 0 Å². The molecule has 9 N–H and O–H groups in total. The van der Waals surface area contributed by atoms with Gasteiger partial charge in [0.1, 0.15) is 48.8 Å². The van der Waals surface area contributed by atoms with Crippen molar-refractivity contribution >= 4 is 0 Å². The molecule has 10 atom stereocenters. The number of hydrogen-bond acceptors (Lipinski definition) is 11. The quantitative estimate of drug-likeness (QED) is 0.243. The average molecular weight is 341 g/mol. The van der Waals surface area contributed by atoms with Crippen molar-refractivity contribution in [3.05, 3.63) is 0 Å². The first-order chi connectivity index (χ1) is 10.8. The van der Waals surface area contributed by atoms with Crippen molar-refractivity contribution in [3.8, 4) is 0 Å². The second-order valence-electron chi connectivity index (χ2n) is 5.62. The molecule has 2 heterocycles. The molecule has 0 spiro atoms. The van der Waals surface area contributed by atoms with Gasteiger partial charge in [-0.1, -0.05) is 0 Å². The predicted molar refractivity (Wildman–Crippen MR) is 70.6 cm³/mol. The van der Waals surface area contributed by atoms with Gasteiger partial charge < -0.3 is 55.7 Å². The Bertz CT molecular complexity index is 385. The molecule has 0 aromatic rings. The molecule has 11 heteroatoms. The molecule has 0 unspecified atom stereocenters. The fourth-order valence-electron chi connectivity index (χ4n) is 2.51. The Hall–Kier alpha value is -0.440. The summed E-state index contributed by atoms with van der Waals surface area (Å²) in [5.74, 6) is 0. The normalized spacial score (nSPS) is 51.7. The maximum atomic E-state index is 9.82. The lowest BCUT2D eigenvalue weighted by Gasteiger charge is -2.42. The van der Waals surface area contributed by atoms with E-state index < -0.39 is 68.0 Å². The number of rotatable bonds is 4. The minimum Gasteiger partial charge on any atom is -0.388 e. The molecule has 0 aromatic heterocycles. The van der Waals surface area contributed by atoms with E-state index in [1.165, 1.54) is 0 Å². The second-order valence-corrected chi connectivity index (χ2v) is 5.62. The van der Waals surface area contributed by atoms with Crippen molar-refractivity contribution in [2.45, 2.75) is 61.4 Å². The highest BCUT2D eigenvalue weighted by atomic mass is 16.7. The fraction of sp³-hybridized carbons (Fsp3) is 1.00. The van der Waals surface area contributed by atoms with Crippen LogP contribution in [0.2, 0.25) is 0 Å². The molecule has 136 valence electrons. The zero-order valence-electron chi connectivity index (χ0n) is 12.1. The minimum absolute atomic E-state index is 0.128. The Morgan fingerprint density at radius 1 is 0.696 bits per heavy atom. The largest absolute Gasteiger partial charge is 0.388 e. The van der Waals surface area contributed by atoms with Crippen LogP contribution < -0.4 is 5.73 Å². The Morgan fingerprint density at radius 3 is 1.87 bits per heavy atom. The van der Waals surface area contributed by atoms with Crippen LogP contribution in [0, 0.1) is 0 Å². The molecule has 0 saturated carbocycles. The van der Waals surface area contributed by atoms with Gasteiger partial charge in [0.25, 0.3) is 0 Å². The molecular weight excluding hydrogens is 318 g/mol. The molecule has 0 aromatic carbocycles. The van der Waals surface area contributed by atoms with E-state index in [2.05, 4.69) is 0 Å². The van der Waals surface area contributed by atoms with Crippen LogP contribution in [0.25, 0.3) is 0 Å². The van der Waals surface area contributed by atoms with E-state index in [1.54, 1.807) is 0 Å². The predicted octanol–water partition coefficient (Wildman–Crippen LogP) is -5.43. The topological polar surface area (TPSA) is 195 Å². The number of hydrogen-bond donors (Lipinski definition) is 8. The van der Waals surface area contributed by atoms with E-state index in [0.29, 0.717) is 0 Å². The summed E-state index contributed by atoms with van der Waals surface area (Å²) >= 11 is 0. The first-order valence-corrected chi connectivity index (χ1v) is 7.17. The Morgan fingerprint density at radius 2 is 1.26 bits per heavy atom. The molecule has 23 heavy (non-hydrogen) atoms. The van der Waals surface area contributed by atoms with E-state index in [4.69, 9.17) is 19.9 Å². The zero-order chi connectivity index (χ0) is 17.3. The van der Waals surface area contributed by atoms with Gasteiger partial charge in [-0.3, -0.25) is 0 Å². The highest BCUT2D eigenvalue weighted by Gasteiger charge is 2.46. The van der Waals surface area contributed by atoms with Gasteiger partial charge in [0, 0.05) is 6.54 Å². The summed E-state index contributed by atoms with van der Waals surface area (Å²) < 4.78 is 15.3. The van der Waals surface area contributed by atoms with Gasteiger partial charge in [-0.25, -0.2) is 0 Å². The fourth-order valence-corrected chi connectivity index (χ4v) is 2.51. The number of ether oxygens (including phenoxy) is 3. The van der Waals surface area contributed by atoms with Crippen molar-refractivity contribution < 1.29 is 50.0 Å². The molecule has 2 rings (SSSR count). The Labute approximate surface area is 131 Å². The highest BCUT2D eigenvalue weighted by Crippen LogP contribution is 2.24. The lowest BCUT2D eigenvalue weighted by Crippen LogP contribution is -2.61. The third-order valence-corrected chi connectivity index (χ3v) is 4.01. The van der Waals surface area contributed by atoms with Crippen LogP contribution in [0.15, 0.2) is 0 Å². The summed E-state index contributed by atoms with van der Waals surface area (Å²) in [5.41, 5.74) is 5.38. The van der Waals surface area contributed by atoms with E-state index in [9.17, 15) is 35.7 Å². The van der Waals surface area contributed by atoms with Gasteiger partial charge in [-0.05, 0) is 0 Å². The second kappa shape index (κ2) is 7.63. The summed E-state index contributed by atoms with van der Waals surface area (Å²) in [5, 5.41) is 67.3. The summed E-state index contributed by atoms with van der Waals surface area (Å²) in [6.45, 7) is -0.555. The maximum absolute atomic E-state index is 9.82. The molecule has 0 radical (unpaired) electrons. The van der Waals surface area contributed by atoms with Crippen LogP contribution in [0.3, 0.4) is 0 Å². The SMILES string of the molecule is NC[C@H]1O[C@H](OC[C@H]2O[C@H](O)[C@@H](O)[C@@H](O)[C@@H]2O)[C@H](O)[C@@H](O)[C@@H]1O. The van der Waals surface area contributed by atoms with Gasteiger partial charge in [0.05, 0.1) is 6.61 Å². The van der Waals surface area contributed by atoms with Crippen LogP contribution in [0.5, 0.6) is 0 Å². The molecular formula is C12H23NO10. The van der Waals surface area contributed by atoms with Crippen LogP contribution in [-0.4, -0.2) is 110 Å². The average Bonchev–Trinajstić information content (AvgIpc) is 2.54. The number of aliphatic hydroxyl groups excluding tert-OH is 7. The lowest BCUT2D eigenvalue weighted by molar-refractivity contribution is -0.322. The van der Waals surface area contributed by atoms with E-state index in [-0.39, 0.29) is 6.54 Å². The van der Waals surface area contributed by atoms with Crippen molar-refractivity contribution in [2.75, 3.05) is 13.2 Å². The molecule has 2 fully saturated rings.